The van der Waals surface area contributed by atoms with E-state index in [0.29, 0.717) is 38.8 Å². The molecule has 35 heavy (non-hydrogen) atoms. The molecule has 0 fully saturated rings. The van der Waals surface area contributed by atoms with Gasteiger partial charge in [-0.1, -0.05) is 13.8 Å². The number of carboxylic acid groups (broad SMARTS) is 2. The first kappa shape index (κ1) is 32.2. The maximum atomic E-state index is 13.0. The van der Waals surface area contributed by atoms with Crippen LogP contribution in [0.3, 0.4) is 0 Å². The summed E-state index contributed by atoms with van der Waals surface area (Å²) < 4.78 is 0. The predicted octanol–water partition coefficient (Wildman–Crippen LogP) is -1.37. The number of unbranched alkanes of at least 4 members (excludes halogenated alkanes) is 2. The van der Waals surface area contributed by atoms with E-state index < -0.39 is 60.2 Å². The van der Waals surface area contributed by atoms with Gasteiger partial charge in [-0.2, -0.15) is 0 Å². The third-order valence-electron chi connectivity index (χ3n) is 5.21. The highest BCUT2D eigenvalue weighted by Gasteiger charge is 2.30. The molecule has 0 rings (SSSR count). The summed E-state index contributed by atoms with van der Waals surface area (Å²) in [6.07, 6.45) is 2.23. The van der Waals surface area contributed by atoms with Gasteiger partial charge < -0.3 is 43.4 Å². The topological polar surface area (TPSA) is 240 Å². The molecule has 0 aromatic heterocycles. The summed E-state index contributed by atoms with van der Waals surface area (Å²) >= 11 is 0. The van der Waals surface area contributed by atoms with Crippen molar-refractivity contribution < 1.29 is 34.2 Å². The standard InChI is InChI=1S/C22H42N6O7/c1-13(2)11-17(28-19(31)14(25)12-18(29)30)21(33)26-15(7-3-5-9-23)20(32)27-16(22(34)35)8-4-6-10-24/h13-17H,3-12,23-25H2,1-2H3,(H,26,33)(H,27,32)(H,28,31)(H,29,30)(H,34,35)/t14-,15-,16-,17-/m0/s1. The molecule has 0 heterocycles. The van der Waals surface area contributed by atoms with Gasteiger partial charge in [-0.05, 0) is 64.0 Å². The van der Waals surface area contributed by atoms with Crippen LogP contribution in [0.2, 0.25) is 0 Å². The summed E-state index contributed by atoms with van der Waals surface area (Å²) in [6, 6.07) is -4.59. The van der Waals surface area contributed by atoms with Crippen LogP contribution in [0.25, 0.3) is 0 Å². The lowest BCUT2D eigenvalue weighted by Gasteiger charge is -2.26. The van der Waals surface area contributed by atoms with Crippen molar-refractivity contribution in [1.82, 2.24) is 16.0 Å². The van der Waals surface area contributed by atoms with Gasteiger partial charge >= 0.3 is 11.9 Å². The van der Waals surface area contributed by atoms with Crippen LogP contribution in [0.5, 0.6) is 0 Å². The number of hydrogen-bond acceptors (Lipinski definition) is 8. The van der Waals surface area contributed by atoms with Crippen molar-refractivity contribution in [3.05, 3.63) is 0 Å². The highest BCUT2D eigenvalue weighted by atomic mass is 16.4. The molecule has 0 bridgehead atoms. The van der Waals surface area contributed by atoms with E-state index in [1.54, 1.807) is 0 Å². The highest BCUT2D eigenvalue weighted by Crippen LogP contribution is 2.09. The summed E-state index contributed by atoms with van der Waals surface area (Å²) in [5, 5.41) is 25.8. The fraction of sp³-hybridized carbons (Fsp3) is 0.773. The van der Waals surface area contributed by atoms with Crippen molar-refractivity contribution in [2.45, 2.75) is 89.4 Å². The lowest BCUT2D eigenvalue weighted by Crippen LogP contribution is -2.57. The van der Waals surface area contributed by atoms with E-state index in [1.165, 1.54) is 0 Å². The van der Waals surface area contributed by atoms with Crippen molar-refractivity contribution >= 4 is 29.7 Å². The van der Waals surface area contributed by atoms with Crippen molar-refractivity contribution in [2.24, 2.45) is 23.1 Å². The van der Waals surface area contributed by atoms with Crippen LogP contribution in [-0.2, 0) is 24.0 Å². The van der Waals surface area contributed by atoms with Crippen molar-refractivity contribution in [3.63, 3.8) is 0 Å². The van der Waals surface area contributed by atoms with Crippen LogP contribution in [0.15, 0.2) is 0 Å². The van der Waals surface area contributed by atoms with E-state index in [0.717, 1.165) is 0 Å². The molecule has 0 radical (unpaired) electrons. The molecule has 0 unspecified atom stereocenters. The zero-order valence-corrected chi connectivity index (χ0v) is 20.6. The molecule has 3 amide bonds. The number of carboxylic acids is 2. The van der Waals surface area contributed by atoms with Gasteiger partial charge in [0, 0.05) is 0 Å². The first-order chi connectivity index (χ1) is 16.4. The molecule has 11 N–H and O–H groups in total. The average molecular weight is 503 g/mol. The van der Waals surface area contributed by atoms with Crippen molar-refractivity contribution in [1.29, 1.82) is 0 Å². The first-order valence-corrected chi connectivity index (χ1v) is 11.9. The Morgan fingerprint density at radius 2 is 1.17 bits per heavy atom. The number of amides is 3. The van der Waals surface area contributed by atoms with Crippen LogP contribution in [0, 0.1) is 5.92 Å². The van der Waals surface area contributed by atoms with E-state index in [9.17, 15) is 29.1 Å². The summed E-state index contributed by atoms with van der Waals surface area (Å²) in [5.74, 6) is -4.59. The van der Waals surface area contributed by atoms with Crippen molar-refractivity contribution in [2.75, 3.05) is 13.1 Å². The lowest BCUT2D eigenvalue weighted by molar-refractivity contribution is -0.142. The molecule has 0 aromatic rings. The monoisotopic (exact) mass is 502 g/mol. The average Bonchev–Trinajstić information content (AvgIpc) is 2.76. The van der Waals surface area contributed by atoms with Crippen LogP contribution in [-0.4, -0.2) is 77.1 Å². The Kier molecular flexibility index (Phi) is 16.2. The largest absolute Gasteiger partial charge is 0.481 e. The molecule has 0 aliphatic rings. The summed E-state index contributed by atoms with van der Waals surface area (Å²) in [4.78, 5) is 60.6. The van der Waals surface area contributed by atoms with E-state index in [4.69, 9.17) is 22.3 Å². The second kappa shape index (κ2) is 17.6. The molecule has 0 aliphatic heterocycles. The zero-order chi connectivity index (χ0) is 27.0. The molecule has 4 atom stereocenters. The second-order valence-electron chi connectivity index (χ2n) is 8.92. The molecular weight excluding hydrogens is 460 g/mol. The van der Waals surface area contributed by atoms with Gasteiger partial charge in [-0.25, -0.2) is 4.79 Å². The Balaban J connectivity index is 5.48. The molecular formula is C22H42N6O7. The van der Waals surface area contributed by atoms with E-state index in [-0.39, 0.29) is 25.2 Å². The lowest BCUT2D eigenvalue weighted by atomic mass is 10.0. The summed E-state index contributed by atoms with van der Waals surface area (Å²) in [6.45, 7) is 4.44. The van der Waals surface area contributed by atoms with Crippen molar-refractivity contribution in [3.8, 4) is 0 Å². The number of nitrogens with one attached hydrogen (secondary N) is 3. The summed E-state index contributed by atoms with van der Waals surface area (Å²) in [7, 11) is 0. The predicted molar refractivity (Wildman–Crippen MR) is 129 cm³/mol. The first-order valence-electron chi connectivity index (χ1n) is 11.9. The van der Waals surface area contributed by atoms with Gasteiger partial charge in [0.25, 0.3) is 0 Å². The number of rotatable bonds is 19. The number of carbonyl (C=O) groups is 5. The van der Waals surface area contributed by atoms with E-state index in [2.05, 4.69) is 16.0 Å². The number of aliphatic carboxylic acids is 2. The third-order valence-corrected chi connectivity index (χ3v) is 5.21. The number of hydrogen-bond donors (Lipinski definition) is 8. The quantitative estimate of drug-likeness (QED) is 0.0963. The van der Waals surface area contributed by atoms with Crippen LogP contribution in [0.1, 0.15) is 65.2 Å². The second-order valence-corrected chi connectivity index (χ2v) is 8.92. The van der Waals surface area contributed by atoms with Gasteiger partial charge in [-0.3, -0.25) is 19.2 Å². The molecule has 0 aromatic carbocycles. The maximum Gasteiger partial charge on any atom is 0.326 e. The van der Waals surface area contributed by atoms with Gasteiger partial charge in [0.05, 0.1) is 12.5 Å². The van der Waals surface area contributed by atoms with Gasteiger partial charge in [0.1, 0.15) is 18.1 Å². The minimum absolute atomic E-state index is 0.0230. The smallest absolute Gasteiger partial charge is 0.326 e. The third kappa shape index (κ3) is 14.3. The van der Waals surface area contributed by atoms with E-state index >= 15 is 0 Å². The maximum absolute atomic E-state index is 13.0. The minimum Gasteiger partial charge on any atom is -0.481 e. The molecule has 202 valence electrons. The highest BCUT2D eigenvalue weighted by molar-refractivity contribution is 5.94. The van der Waals surface area contributed by atoms with Gasteiger partial charge in [0.15, 0.2) is 0 Å². The van der Waals surface area contributed by atoms with Gasteiger partial charge in [-0.15, -0.1) is 0 Å². The molecule has 0 spiro atoms. The Hall–Kier alpha value is -2.77. The Labute approximate surface area is 205 Å². The van der Waals surface area contributed by atoms with Crippen LogP contribution in [0.4, 0.5) is 0 Å². The minimum atomic E-state index is -1.34. The fourth-order valence-electron chi connectivity index (χ4n) is 3.32. The molecule has 13 nitrogen and oxygen atoms in total. The Morgan fingerprint density at radius 3 is 1.63 bits per heavy atom. The van der Waals surface area contributed by atoms with E-state index in [1.807, 2.05) is 13.8 Å². The normalized spacial score (nSPS) is 14.5. The Bertz CT molecular complexity index is 704. The van der Waals surface area contributed by atoms with Crippen LogP contribution >= 0.6 is 0 Å². The zero-order valence-electron chi connectivity index (χ0n) is 20.6. The Morgan fingerprint density at radius 1 is 0.714 bits per heavy atom. The van der Waals surface area contributed by atoms with Gasteiger partial charge in [0.2, 0.25) is 17.7 Å². The fourth-order valence-corrected chi connectivity index (χ4v) is 3.32. The summed E-state index contributed by atoms with van der Waals surface area (Å²) in [5.41, 5.74) is 16.6. The van der Waals surface area contributed by atoms with Crippen LogP contribution < -0.4 is 33.2 Å². The SMILES string of the molecule is CC(C)C[C@H](NC(=O)[C@@H](N)CC(=O)O)C(=O)N[C@@H](CCCCN)C(=O)N[C@@H](CCCCN)C(=O)O. The number of nitrogens with two attached hydrogens (primary N) is 3. The number of carbonyl (C=O) groups excluding carboxylic acids is 3. The molecule has 0 saturated carbocycles. The molecule has 13 heteroatoms. The molecule has 0 saturated heterocycles. The molecule has 0 aliphatic carbocycles.